The number of nitrogens with zero attached hydrogens (tertiary/aromatic N) is 2. The Morgan fingerprint density at radius 2 is 0.405 bits per heavy atom. The van der Waals surface area contributed by atoms with Crippen LogP contribution in [0.1, 0.15) is 116 Å². The van der Waals surface area contributed by atoms with Gasteiger partial charge in [-0.3, -0.25) is 0 Å². The third-order valence-electron chi connectivity index (χ3n) is 23.7. The lowest BCUT2D eigenvalue weighted by atomic mass is 9.80. The molecule has 0 N–H and O–H groups in total. The highest BCUT2D eigenvalue weighted by Gasteiger charge is 2.28. The predicted octanol–water partition coefficient (Wildman–Crippen LogP) is 33.0. The molecule has 2 nitrogen and oxygen atoms in total. The minimum Gasteiger partial charge on any atom is -0.310 e. The van der Waals surface area contributed by atoms with Crippen molar-refractivity contribution in [2.24, 2.45) is 0 Å². The second-order valence-electron chi connectivity index (χ2n) is 35.8. The van der Waals surface area contributed by atoms with Crippen LogP contribution in [0.15, 0.2) is 364 Å². The van der Waals surface area contributed by atoms with E-state index in [2.05, 4.69) is 471 Å². The van der Waals surface area contributed by atoms with Crippen molar-refractivity contribution in [3.8, 4) is 66.8 Å². The molecule has 0 aliphatic carbocycles. The summed E-state index contributed by atoms with van der Waals surface area (Å²) < 4.78 is 0. The number of rotatable bonds is 12. The van der Waals surface area contributed by atoms with Crippen LogP contribution in [-0.2, 0) is 21.7 Å². The summed E-state index contributed by atoms with van der Waals surface area (Å²) in [6.45, 7) is 31.7. The smallest absolute Gasteiger partial charge is 0.0468 e. The van der Waals surface area contributed by atoms with Crippen LogP contribution in [0, 0.1) is 13.8 Å². The first-order valence-electron chi connectivity index (χ1n) is 41.2. The molecule has 0 aliphatic rings. The average molecular weight is 1500 g/mol. The van der Waals surface area contributed by atoms with Gasteiger partial charge < -0.3 is 9.80 Å². The maximum Gasteiger partial charge on any atom is 0.0468 e. The van der Waals surface area contributed by atoms with Gasteiger partial charge in [-0.1, -0.05) is 373 Å². The van der Waals surface area contributed by atoms with E-state index in [1.165, 1.54) is 165 Å². The highest BCUT2D eigenvalue weighted by Crippen LogP contribution is 2.54. The standard InChI is InChI=1S/C60H57N.C54H45N/c1-58(2,3)43-26-24-41(25-27-43)52-39-53(40-18-12-10-13-19-40)56-50-23-17-16-22-49(50)54-38-48(36-37-51(54)57(56)55(52)42-20-14-11-15-21-42)61(46-32-28-44(29-33-46)59(4,5)6)47-34-30-45(31-35-47)60(7,8)9;1-36-20-28-42(29-21-36)55(43-30-22-37(2)23-31-43)44-32-33-47-50(34-44)45-18-12-13-19-46(45)52-49(38-14-8-6-9-15-38)35-48(39-24-26-41(27-25-39)54(3,4)5)51(53(47)52)40-16-10-7-11-17-40/h10-39H,1-9H3;6-35H,1-5H3. The van der Waals surface area contributed by atoms with Crippen molar-refractivity contribution in [1.82, 2.24) is 0 Å². The molecule has 0 unspecified atom stereocenters. The van der Waals surface area contributed by atoms with Gasteiger partial charge in [0.15, 0.2) is 0 Å². The summed E-state index contributed by atoms with van der Waals surface area (Å²) in [6.07, 6.45) is 0. The van der Waals surface area contributed by atoms with Crippen molar-refractivity contribution in [2.75, 3.05) is 9.80 Å². The van der Waals surface area contributed by atoms with Gasteiger partial charge in [0.1, 0.15) is 0 Å². The fourth-order valence-corrected chi connectivity index (χ4v) is 17.3. The Morgan fingerprint density at radius 3 is 0.698 bits per heavy atom. The van der Waals surface area contributed by atoms with Gasteiger partial charge in [-0.2, -0.15) is 0 Å². The number of hydrogen-bond donors (Lipinski definition) is 0. The lowest BCUT2D eigenvalue weighted by Crippen LogP contribution is -2.14. The summed E-state index contributed by atoms with van der Waals surface area (Å²) in [6, 6.07) is 136. The zero-order valence-corrected chi connectivity index (χ0v) is 69.5. The topological polar surface area (TPSA) is 6.48 Å². The zero-order valence-electron chi connectivity index (χ0n) is 69.5. The molecule has 0 saturated carbocycles. The summed E-state index contributed by atoms with van der Waals surface area (Å²) >= 11 is 0. The average Bonchev–Trinajstić information content (AvgIpc) is 0.712. The molecule has 568 valence electrons. The molecule has 0 atom stereocenters. The molecule has 18 aromatic carbocycles. The first-order valence-corrected chi connectivity index (χ1v) is 41.2. The van der Waals surface area contributed by atoms with Crippen LogP contribution in [0.25, 0.3) is 131 Å². The summed E-state index contributed by atoms with van der Waals surface area (Å²) in [5.41, 5.74) is 29.6. The summed E-state index contributed by atoms with van der Waals surface area (Å²) in [4.78, 5) is 4.82. The fraction of sp³-hybridized carbons (Fsp3) is 0.158. The highest BCUT2D eigenvalue weighted by atomic mass is 15.1. The number of hydrogen-bond acceptors (Lipinski definition) is 2. The molecule has 0 radical (unpaired) electrons. The molecular formula is C114H102N2. The Bertz CT molecular complexity index is 6530. The minimum absolute atomic E-state index is 0.0587. The van der Waals surface area contributed by atoms with Crippen LogP contribution in [0.3, 0.4) is 0 Å². The van der Waals surface area contributed by atoms with Crippen LogP contribution < -0.4 is 9.80 Å². The summed E-state index contributed by atoms with van der Waals surface area (Å²) in [5, 5.41) is 15.1. The van der Waals surface area contributed by atoms with Gasteiger partial charge in [0.2, 0.25) is 0 Å². The quantitative estimate of drug-likeness (QED) is 0.113. The SMILES string of the molecule is CC(C)(C)c1ccc(-c2cc(-c3ccccc3)c3c4ccccc4c4cc(N(c5ccc(C(C)(C)C)cc5)c5ccc(C(C)(C)C)cc5)ccc4c3c2-c2ccccc2)cc1.Cc1ccc(N(c2ccc(C)cc2)c2ccc3c(c2)c2ccccc2c2c(-c4ccccc4)cc(-c4ccc(C(C)(C)C)cc4)c(-c4ccccc4)c32)cc1. The van der Waals surface area contributed by atoms with Crippen molar-refractivity contribution in [3.63, 3.8) is 0 Å². The largest absolute Gasteiger partial charge is 0.310 e. The van der Waals surface area contributed by atoms with Crippen molar-refractivity contribution < 1.29 is 0 Å². The third-order valence-corrected chi connectivity index (χ3v) is 23.7. The van der Waals surface area contributed by atoms with E-state index < -0.39 is 0 Å². The number of benzene rings is 18. The summed E-state index contributed by atoms with van der Waals surface area (Å²) in [5.74, 6) is 0. The number of anilines is 6. The van der Waals surface area contributed by atoms with Crippen molar-refractivity contribution in [3.05, 3.63) is 397 Å². The Kier molecular flexibility index (Phi) is 19.9. The Morgan fingerprint density at radius 1 is 0.172 bits per heavy atom. The minimum atomic E-state index is 0.0587. The first-order chi connectivity index (χ1) is 55.9. The molecule has 0 fully saturated rings. The van der Waals surface area contributed by atoms with E-state index >= 15 is 0 Å². The van der Waals surface area contributed by atoms with E-state index in [0.29, 0.717) is 0 Å². The summed E-state index contributed by atoms with van der Waals surface area (Å²) in [7, 11) is 0. The Balaban J connectivity index is 0.000000168. The fourth-order valence-electron chi connectivity index (χ4n) is 17.3. The molecule has 0 bridgehead atoms. The van der Waals surface area contributed by atoms with Gasteiger partial charge in [0.05, 0.1) is 0 Å². The first kappa shape index (κ1) is 75.8. The van der Waals surface area contributed by atoms with Gasteiger partial charge in [-0.15, -0.1) is 0 Å². The molecule has 18 aromatic rings. The van der Waals surface area contributed by atoms with E-state index in [0.717, 1.165) is 34.1 Å². The van der Waals surface area contributed by atoms with Gasteiger partial charge in [-0.05, 0) is 274 Å². The van der Waals surface area contributed by atoms with Crippen LogP contribution in [-0.4, -0.2) is 0 Å². The van der Waals surface area contributed by atoms with E-state index in [9.17, 15) is 0 Å². The molecule has 0 aliphatic heterocycles. The van der Waals surface area contributed by atoms with Crippen LogP contribution in [0.5, 0.6) is 0 Å². The van der Waals surface area contributed by atoms with E-state index in [-0.39, 0.29) is 21.7 Å². The molecule has 0 aromatic heterocycles. The molecule has 0 heterocycles. The number of fused-ring (bicyclic) bond motifs is 12. The molecule has 116 heavy (non-hydrogen) atoms. The van der Waals surface area contributed by atoms with Crippen LogP contribution in [0.4, 0.5) is 34.1 Å². The second-order valence-corrected chi connectivity index (χ2v) is 35.8. The van der Waals surface area contributed by atoms with Crippen molar-refractivity contribution in [2.45, 2.75) is 119 Å². The lowest BCUT2D eigenvalue weighted by Gasteiger charge is -2.29. The highest BCUT2D eigenvalue weighted by molar-refractivity contribution is 6.35. The van der Waals surface area contributed by atoms with Gasteiger partial charge in [-0.25, -0.2) is 0 Å². The Labute approximate surface area is 686 Å². The van der Waals surface area contributed by atoms with E-state index in [1.54, 1.807) is 0 Å². The van der Waals surface area contributed by atoms with Gasteiger partial charge in [0.25, 0.3) is 0 Å². The maximum atomic E-state index is 2.46. The molecule has 0 saturated heterocycles. The van der Waals surface area contributed by atoms with Gasteiger partial charge >= 0.3 is 0 Å². The van der Waals surface area contributed by atoms with E-state index in [4.69, 9.17) is 0 Å². The van der Waals surface area contributed by atoms with Crippen molar-refractivity contribution >= 4 is 98.8 Å². The molecule has 0 amide bonds. The zero-order chi connectivity index (χ0) is 80.4. The second kappa shape index (κ2) is 30.5. The van der Waals surface area contributed by atoms with Crippen molar-refractivity contribution in [1.29, 1.82) is 0 Å². The maximum absolute atomic E-state index is 2.46. The third kappa shape index (κ3) is 14.6. The van der Waals surface area contributed by atoms with Crippen LogP contribution >= 0.6 is 0 Å². The predicted molar refractivity (Wildman–Crippen MR) is 504 cm³/mol. The normalized spacial score (nSPS) is 12.1. The van der Waals surface area contributed by atoms with Gasteiger partial charge in [0, 0.05) is 34.1 Å². The van der Waals surface area contributed by atoms with E-state index in [1.807, 2.05) is 0 Å². The monoisotopic (exact) mass is 1500 g/mol. The molecule has 0 spiro atoms. The Hall–Kier alpha value is -12.9. The van der Waals surface area contributed by atoms with Crippen LogP contribution in [0.2, 0.25) is 0 Å². The number of aryl methyl sites for hydroxylation is 2. The lowest BCUT2D eigenvalue weighted by molar-refractivity contribution is 0.590. The molecular weight excluding hydrogens is 1400 g/mol. The molecule has 2 heteroatoms. The molecule has 18 rings (SSSR count).